The van der Waals surface area contributed by atoms with E-state index in [-0.39, 0.29) is 12.8 Å². The molecule has 42 heavy (non-hydrogen) atoms. The summed E-state index contributed by atoms with van der Waals surface area (Å²) in [5.74, 6) is -1.08. The number of ether oxygens (including phenoxy) is 2. The highest BCUT2D eigenvalue weighted by Gasteiger charge is 2.51. The van der Waals surface area contributed by atoms with Crippen molar-refractivity contribution in [2.75, 3.05) is 0 Å². The molecule has 244 valence electrons. The maximum Gasteiger partial charge on any atom is 0.324 e. The topological polar surface area (TPSA) is 52.6 Å². The predicted molar refractivity (Wildman–Crippen MR) is 181 cm³/mol. The normalized spacial score (nSPS) is 12.5. The van der Waals surface area contributed by atoms with Gasteiger partial charge < -0.3 is 9.47 Å². The maximum atomic E-state index is 13.7. The molecule has 0 saturated carbocycles. The van der Waals surface area contributed by atoms with Gasteiger partial charge in [-0.25, -0.2) is 0 Å². The predicted octanol–water partition coefficient (Wildman–Crippen LogP) is 11.8. The summed E-state index contributed by atoms with van der Waals surface area (Å²) < 4.78 is 11.7. The van der Waals surface area contributed by atoms with Crippen molar-refractivity contribution in [2.24, 2.45) is 5.41 Å². The van der Waals surface area contributed by atoms with Gasteiger partial charge in [0.2, 0.25) is 0 Å². The van der Waals surface area contributed by atoms with Crippen molar-refractivity contribution in [3.05, 3.63) is 36.5 Å². The van der Waals surface area contributed by atoms with Crippen LogP contribution in [0.5, 0.6) is 0 Å². The highest BCUT2D eigenvalue weighted by molar-refractivity contribution is 6.01. The van der Waals surface area contributed by atoms with Gasteiger partial charge in [0.1, 0.15) is 11.2 Å². The average molecular weight is 589 g/mol. The van der Waals surface area contributed by atoms with E-state index >= 15 is 0 Å². The third kappa shape index (κ3) is 20.1. The molecular formula is C38H68O4. The molecule has 0 saturated heterocycles. The van der Waals surface area contributed by atoms with Crippen LogP contribution >= 0.6 is 0 Å². The molecule has 0 unspecified atom stereocenters. The van der Waals surface area contributed by atoms with Crippen molar-refractivity contribution in [3.8, 4) is 0 Å². The highest BCUT2D eigenvalue weighted by Crippen LogP contribution is 2.40. The smallest absolute Gasteiger partial charge is 0.324 e. The second-order valence-corrected chi connectivity index (χ2v) is 14.4. The van der Waals surface area contributed by atoms with Crippen LogP contribution in [0.15, 0.2) is 36.5 Å². The lowest BCUT2D eigenvalue weighted by Gasteiger charge is -2.36. The van der Waals surface area contributed by atoms with Crippen LogP contribution in [0, 0.1) is 5.41 Å². The second-order valence-electron chi connectivity index (χ2n) is 14.4. The van der Waals surface area contributed by atoms with E-state index in [1.54, 1.807) is 0 Å². The minimum atomic E-state index is -1.47. The molecule has 0 spiro atoms. The van der Waals surface area contributed by atoms with Crippen molar-refractivity contribution < 1.29 is 19.1 Å². The first-order valence-electron chi connectivity index (χ1n) is 17.1. The van der Waals surface area contributed by atoms with Crippen LogP contribution in [0.1, 0.15) is 177 Å². The van der Waals surface area contributed by atoms with Crippen LogP contribution in [-0.2, 0) is 19.1 Å². The molecule has 0 rings (SSSR count). The van der Waals surface area contributed by atoms with Crippen molar-refractivity contribution in [2.45, 2.75) is 189 Å². The molecule has 4 heteroatoms. The lowest BCUT2D eigenvalue weighted by atomic mass is 9.74. The Balaban J connectivity index is 4.83. The van der Waals surface area contributed by atoms with Gasteiger partial charge in [-0.15, -0.1) is 0 Å². The molecule has 0 aliphatic carbocycles. The summed E-state index contributed by atoms with van der Waals surface area (Å²) in [5.41, 5.74) is -1.15. The number of carbonyl (C=O) groups is 2. The molecule has 0 aliphatic heterocycles. The average Bonchev–Trinajstić information content (AvgIpc) is 2.86. The Morgan fingerprint density at radius 1 is 0.548 bits per heavy atom. The van der Waals surface area contributed by atoms with Crippen LogP contribution in [0.2, 0.25) is 0 Å². The molecule has 0 heterocycles. The van der Waals surface area contributed by atoms with Crippen LogP contribution < -0.4 is 0 Å². The van der Waals surface area contributed by atoms with Gasteiger partial charge >= 0.3 is 11.9 Å². The SMILES string of the molecule is C=C(CCC)CC(CC(=C)CCCCCCCC/C=C\CCCCCCCC)(C(=O)OC(C)(C)C)C(=O)OC(C)(C)C. The van der Waals surface area contributed by atoms with E-state index in [1.807, 2.05) is 41.5 Å². The van der Waals surface area contributed by atoms with Crippen LogP contribution in [-0.4, -0.2) is 23.1 Å². The van der Waals surface area contributed by atoms with Gasteiger partial charge in [0.15, 0.2) is 5.41 Å². The molecule has 0 N–H and O–H groups in total. The van der Waals surface area contributed by atoms with Gasteiger partial charge in [-0.05, 0) is 99.3 Å². The zero-order valence-corrected chi connectivity index (χ0v) is 29.1. The molecular weight excluding hydrogens is 520 g/mol. The zero-order chi connectivity index (χ0) is 32.1. The molecule has 0 aliphatic rings. The number of rotatable bonds is 24. The van der Waals surface area contributed by atoms with Crippen LogP contribution in [0.3, 0.4) is 0 Å². The lowest BCUT2D eigenvalue weighted by Crippen LogP contribution is -2.47. The monoisotopic (exact) mass is 589 g/mol. The fourth-order valence-corrected chi connectivity index (χ4v) is 5.19. The highest BCUT2D eigenvalue weighted by atomic mass is 16.6. The molecule has 0 amide bonds. The van der Waals surface area contributed by atoms with Crippen molar-refractivity contribution in [3.63, 3.8) is 0 Å². The third-order valence-corrected chi connectivity index (χ3v) is 7.33. The molecule has 0 atom stereocenters. The summed E-state index contributed by atoms with van der Waals surface area (Å²) in [5, 5.41) is 0. The first-order valence-corrected chi connectivity index (χ1v) is 17.1. The Morgan fingerprint density at radius 2 is 0.929 bits per heavy atom. The number of hydrogen-bond donors (Lipinski definition) is 0. The Labute approximate surface area is 261 Å². The Morgan fingerprint density at radius 3 is 1.33 bits per heavy atom. The largest absolute Gasteiger partial charge is 0.459 e. The van der Waals surface area contributed by atoms with E-state index in [2.05, 4.69) is 39.2 Å². The van der Waals surface area contributed by atoms with Crippen molar-refractivity contribution in [1.29, 1.82) is 0 Å². The molecule has 0 aromatic heterocycles. The first-order chi connectivity index (χ1) is 19.7. The van der Waals surface area contributed by atoms with E-state index in [0.29, 0.717) is 0 Å². The van der Waals surface area contributed by atoms with E-state index in [0.717, 1.165) is 43.3 Å². The Bertz CT molecular complexity index is 778. The van der Waals surface area contributed by atoms with Crippen LogP contribution in [0.4, 0.5) is 0 Å². The zero-order valence-electron chi connectivity index (χ0n) is 29.1. The van der Waals surface area contributed by atoms with Gasteiger partial charge in [0, 0.05) is 0 Å². The quantitative estimate of drug-likeness (QED) is 0.0487. The number of esters is 2. The number of allylic oxidation sites excluding steroid dienone is 4. The first kappa shape index (κ1) is 40.2. The fraction of sp³-hybridized carbons (Fsp3) is 0.789. The molecule has 0 bridgehead atoms. The number of unbranched alkanes of at least 4 members (excludes halogenated alkanes) is 12. The van der Waals surface area contributed by atoms with Gasteiger partial charge in [-0.1, -0.05) is 115 Å². The van der Waals surface area contributed by atoms with Crippen molar-refractivity contribution >= 4 is 11.9 Å². The summed E-state index contributed by atoms with van der Waals surface area (Å²) >= 11 is 0. The standard InChI is InChI=1S/C38H68O4/c1-11-13-14-15-16-17-18-19-20-21-22-23-24-25-26-27-29-33(4)31-38(30-32(3)28-12-2,34(39)41-36(5,6)7)35(40)42-37(8,9)10/h19-20H,3-4,11-18,21-31H2,1-2,5-10H3/b20-19-. The maximum absolute atomic E-state index is 13.7. The molecule has 0 aromatic carbocycles. The van der Waals surface area contributed by atoms with Crippen LogP contribution in [0.25, 0.3) is 0 Å². The van der Waals surface area contributed by atoms with Gasteiger partial charge in [-0.3, -0.25) is 9.59 Å². The Kier molecular flexibility index (Phi) is 20.8. The summed E-state index contributed by atoms with van der Waals surface area (Å²) in [6.07, 6.45) is 25.3. The minimum absolute atomic E-state index is 0.219. The minimum Gasteiger partial charge on any atom is -0.459 e. The summed E-state index contributed by atoms with van der Waals surface area (Å²) in [6, 6.07) is 0. The molecule has 0 radical (unpaired) electrons. The molecule has 0 fully saturated rings. The van der Waals surface area contributed by atoms with E-state index in [1.165, 1.54) is 77.0 Å². The molecule has 4 nitrogen and oxygen atoms in total. The number of carbonyl (C=O) groups excluding carboxylic acids is 2. The van der Waals surface area contributed by atoms with E-state index in [9.17, 15) is 9.59 Å². The van der Waals surface area contributed by atoms with Gasteiger partial charge in [0.25, 0.3) is 0 Å². The molecule has 0 aromatic rings. The van der Waals surface area contributed by atoms with E-state index < -0.39 is 28.6 Å². The fourth-order valence-electron chi connectivity index (χ4n) is 5.19. The van der Waals surface area contributed by atoms with Crippen molar-refractivity contribution in [1.82, 2.24) is 0 Å². The van der Waals surface area contributed by atoms with Gasteiger partial charge in [-0.2, -0.15) is 0 Å². The lowest BCUT2D eigenvalue weighted by molar-refractivity contribution is -0.185. The van der Waals surface area contributed by atoms with E-state index in [4.69, 9.17) is 9.47 Å². The number of hydrogen-bond acceptors (Lipinski definition) is 4. The third-order valence-electron chi connectivity index (χ3n) is 7.33. The Hall–Kier alpha value is -1.84. The summed E-state index contributed by atoms with van der Waals surface area (Å²) in [6.45, 7) is 23.8. The van der Waals surface area contributed by atoms with Gasteiger partial charge in [0.05, 0.1) is 0 Å². The summed E-state index contributed by atoms with van der Waals surface area (Å²) in [4.78, 5) is 27.4. The second kappa shape index (κ2) is 21.8. The summed E-state index contributed by atoms with van der Waals surface area (Å²) in [7, 11) is 0.